The molecule has 0 radical (unpaired) electrons. The Kier molecular flexibility index (Phi) is 2.95. The Morgan fingerprint density at radius 2 is 2.44 bits per heavy atom. The lowest BCUT2D eigenvalue weighted by atomic mass is 10.3. The summed E-state index contributed by atoms with van der Waals surface area (Å²) < 4.78 is 1.09. The fraction of sp³-hybridized carbons (Fsp3) is 0. The first-order valence-corrected chi connectivity index (χ1v) is 4.98. The molecular weight excluding hydrogens is 264 g/mol. The van der Waals surface area contributed by atoms with Crippen molar-refractivity contribution in [2.24, 2.45) is 0 Å². The van der Waals surface area contributed by atoms with E-state index in [0.29, 0.717) is 0 Å². The largest absolute Gasteiger partial charge is 0.152 e. The second kappa shape index (κ2) is 3.54. The molecule has 0 atom stereocenters. The first-order valence-electron chi connectivity index (χ1n) is 2.33. The van der Waals surface area contributed by atoms with Crippen molar-refractivity contribution < 1.29 is 0 Å². The monoisotopic (exact) mass is 266 g/mol. The van der Waals surface area contributed by atoms with Gasteiger partial charge in [-0.1, -0.05) is 15.9 Å². The molecule has 0 aromatic carbocycles. The third-order valence-electron chi connectivity index (χ3n) is 0.893. The van der Waals surface area contributed by atoms with Gasteiger partial charge in [-0.25, -0.2) is 0 Å². The van der Waals surface area contributed by atoms with E-state index in [1.807, 2.05) is 10.4 Å². The lowest BCUT2D eigenvalue weighted by Crippen LogP contribution is -1.62. The quantitative estimate of drug-likeness (QED) is 0.725. The maximum absolute atomic E-state index is 3.38. The van der Waals surface area contributed by atoms with Crippen molar-refractivity contribution in [2.45, 2.75) is 0 Å². The van der Waals surface area contributed by atoms with Crippen molar-refractivity contribution in [3.8, 4) is 0 Å². The summed E-state index contributed by atoms with van der Waals surface area (Å²) in [4.78, 5) is 1.86. The van der Waals surface area contributed by atoms with Gasteiger partial charge in [0.2, 0.25) is 0 Å². The third kappa shape index (κ3) is 1.92. The van der Waals surface area contributed by atoms with Crippen LogP contribution in [0.3, 0.4) is 0 Å². The summed E-state index contributed by atoms with van der Waals surface area (Å²) in [6.45, 7) is 0. The first kappa shape index (κ1) is 7.51. The van der Waals surface area contributed by atoms with Crippen LogP contribution in [0.25, 0.3) is 4.48 Å². The van der Waals surface area contributed by atoms with Crippen LogP contribution >= 0.6 is 43.2 Å². The standard InChI is InChI=1S/C6H4Br2S/c7-3-6(8)5-1-2-9-4-5/h1-4H/b6-3+. The lowest BCUT2D eigenvalue weighted by Gasteiger charge is -1.87. The molecule has 1 rings (SSSR count). The van der Waals surface area contributed by atoms with Gasteiger partial charge in [-0.15, -0.1) is 0 Å². The molecule has 0 nitrogen and oxygen atoms in total. The summed E-state index contributed by atoms with van der Waals surface area (Å²) in [5.41, 5.74) is 1.22. The van der Waals surface area contributed by atoms with Crippen LogP contribution in [0.15, 0.2) is 21.8 Å². The van der Waals surface area contributed by atoms with Crippen molar-refractivity contribution in [3.05, 3.63) is 27.4 Å². The van der Waals surface area contributed by atoms with E-state index in [1.54, 1.807) is 11.3 Å². The van der Waals surface area contributed by atoms with Crippen molar-refractivity contribution in [1.29, 1.82) is 0 Å². The normalized spacial score (nSPS) is 12.0. The van der Waals surface area contributed by atoms with Gasteiger partial charge in [0.25, 0.3) is 0 Å². The minimum absolute atomic E-state index is 1.09. The van der Waals surface area contributed by atoms with E-state index in [1.165, 1.54) is 5.56 Å². The molecule has 48 valence electrons. The summed E-state index contributed by atoms with van der Waals surface area (Å²) >= 11 is 8.31. The Morgan fingerprint density at radius 3 is 2.89 bits per heavy atom. The lowest BCUT2D eigenvalue weighted by molar-refractivity contribution is 1.88. The first-order chi connectivity index (χ1) is 4.34. The molecule has 3 heteroatoms. The van der Waals surface area contributed by atoms with E-state index in [-0.39, 0.29) is 0 Å². The molecular formula is C6H4Br2S. The van der Waals surface area contributed by atoms with Gasteiger partial charge in [-0.2, -0.15) is 11.3 Å². The number of thiophene rings is 1. The maximum atomic E-state index is 3.38. The summed E-state index contributed by atoms with van der Waals surface area (Å²) in [6.07, 6.45) is 0. The molecule has 0 spiro atoms. The van der Waals surface area contributed by atoms with Crippen LogP contribution in [-0.4, -0.2) is 0 Å². The number of rotatable bonds is 1. The molecule has 1 aromatic heterocycles. The van der Waals surface area contributed by atoms with E-state index in [0.717, 1.165) is 4.48 Å². The fourth-order valence-corrected chi connectivity index (χ4v) is 1.78. The Hall–Kier alpha value is 0.400. The summed E-state index contributed by atoms with van der Waals surface area (Å²) in [7, 11) is 0. The van der Waals surface area contributed by atoms with Crippen molar-refractivity contribution in [2.75, 3.05) is 0 Å². The highest BCUT2D eigenvalue weighted by Gasteiger charge is 1.93. The highest BCUT2D eigenvalue weighted by molar-refractivity contribution is 9.16. The molecule has 1 aromatic rings. The SMILES string of the molecule is Br/C=C(/Br)c1ccsc1. The van der Waals surface area contributed by atoms with Gasteiger partial charge in [0, 0.05) is 4.48 Å². The second-order valence-electron chi connectivity index (χ2n) is 1.47. The molecule has 0 amide bonds. The maximum Gasteiger partial charge on any atom is 0.0325 e. The highest BCUT2D eigenvalue weighted by Crippen LogP contribution is 2.23. The van der Waals surface area contributed by atoms with Crippen molar-refractivity contribution >= 4 is 47.7 Å². The van der Waals surface area contributed by atoms with E-state index < -0.39 is 0 Å². The summed E-state index contributed by atoms with van der Waals surface area (Å²) in [5, 5.41) is 4.13. The minimum Gasteiger partial charge on any atom is -0.152 e. The number of hydrogen-bond acceptors (Lipinski definition) is 1. The number of halogens is 2. The predicted molar refractivity (Wildman–Crippen MR) is 50.2 cm³/mol. The predicted octanol–water partition coefficient (Wildman–Crippen LogP) is 3.84. The van der Waals surface area contributed by atoms with Gasteiger partial charge in [0.15, 0.2) is 0 Å². The van der Waals surface area contributed by atoms with E-state index in [2.05, 4.69) is 43.3 Å². The third-order valence-corrected chi connectivity index (χ3v) is 3.33. The van der Waals surface area contributed by atoms with Gasteiger partial charge in [-0.05, 0) is 43.3 Å². The van der Waals surface area contributed by atoms with Crippen LogP contribution in [0, 0.1) is 0 Å². The zero-order chi connectivity index (χ0) is 6.69. The molecule has 0 unspecified atom stereocenters. The van der Waals surface area contributed by atoms with Crippen LogP contribution in [0.2, 0.25) is 0 Å². The van der Waals surface area contributed by atoms with Crippen LogP contribution in [0.4, 0.5) is 0 Å². The van der Waals surface area contributed by atoms with Crippen LogP contribution in [-0.2, 0) is 0 Å². The summed E-state index contributed by atoms with van der Waals surface area (Å²) in [5.74, 6) is 0. The zero-order valence-corrected chi connectivity index (χ0v) is 8.46. The van der Waals surface area contributed by atoms with E-state index in [9.17, 15) is 0 Å². The molecule has 0 aliphatic heterocycles. The minimum atomic E-state index is 1.09. The zero-order valence-electron chi connectivity index (χ0n) is 4.47. The Bertz CT molecular complexity index is 201. The molecule has 0 aliphatic carbocycles. The molecule has 0 fully saturated rings. The number of hydrogen-bond donors (Lipinski definition) is 0. The van der Waals surface area contributed by atoms with Crippen LogP contribution in [0.5, 0.6) is 0 Å². The Balaban J connectivity index is 2.90. The van der Waals surface area contributed by atoms with E-state index in [4.69, 9.17) is 0 Å². The van der Waals surface area contributed by atoms with Gasteiger partial charge >= 0.3 is 0 Å². The van der Waals surface area contributed by atoms with Gasteiger partial charge < -0.3 is 0 Å². The molecule has 9 heavy (non-hydrogen) atoms. The fourth-order valence-electron chi connectivity index (χ4n) is 0.463. The molecule has 0 N–H and O–H groups in total. The average molecular weight is 268 g/mol. The van der Waals surface area contributed by atoms with E-state index >= 15 is 0 Å². The van der Waals surface area contributed by atoms with Crippen LogP contribution in [0.1, 0.15) is 5.56 Å². The van der Waals surface area contributed by atoms with Gasteiger partial charge in [0.1, 0.15) is 0 Å². The molecule has 0 bridgehead atoms. The Labute approximate surface area is 74.8 Å². The second-order valence-corrected chi connectivity index (χ2v) is 3.56. The van der Waals surface area contributed by atoms with Crippen molar-refractivity contribution in [1.82, 2.24) is 0 Å². The van der Waals surface area contributed by atoms with Gasteiger partial charge in [0.05, 0.1) is 0 Å². The van der Waals surface area contributed by atoms with Crippen LogP contribution < -0.4 is 0 Å². The molecule has 0 saturated carbocycles. The molecule has 0 saturated heterocycles. The molecule has 0 aliphatic rings. The summed E-state index contributed by atoms with van der Waals surface area (Å²) in [6, 6.07) is 2.06. The smallest absolute Gasteiger partial charge is 0.0325 e. The average Bonchev–Trinajstić information content (AvgIpc) is 2.37. The molecule has 1 heterocycles. The highest BCUT2D eigenvalue weighted by atomic mass is 79.9. The van der Waals surface area contributed by atoms with Crippen molar-refractivity contribution in [3.63, 3.8) is 0 Å². The Morgan fingerprint density at radius 1 is 1.67 bits per heavy atom. The topological polar surface area (TPSA) is 0 Å². The van der Waals surface area contributed by atoms with Gasteiger partial charge in [-0.3, -0.25) is 0 Å².